The van der Waals surface area contributed by atoms with Gasteiger partial charge in [0.25, 0.3) is 11.8 Å². The lowest BCUT2D eigenvalue weighted by atomic mass is 9.52. The van der Waals surface area contributed by atoms with Crippen LogP contribution in [0.4, 0.5) is 0 Å². The first kappa shape index (κ1) is 30.7. The first-order valence-corrected chi connectivity index (χ1v) is 16.0. The molecule has 9 nitrogen and oxygen atoms in total. The Balaban J connectivity index is 1.36. The van der Waals surface area contributed by atoms with Crippen LogP contribution in [0.25, 0.3) is 0 Å². The maximum absolute atomic E-state index is 12.9. The van der Waals surface area contributed by atoms with E-state index >= 15 is 0 Å². The smallest absolute Gasteiger partial charge is 0.348 e. The summed E-state index contributed by atoms with van der Waals surface area (Å²) in [7, 11) is -4.55. The predicted octanol–water partition coefficient (Wildman–Crippen LogP) is 5.43. The van der Waals surface area contributed by atoms with Crippen LogP contribution < -0.4 is 0 Å². The van der Waals surface area contributed by atoms with Crippen LogP contribution in [0.15, 0.2) is 35.8 Å². The van der Waals surface area contributed by atoms with E-state index in [0.29, 0.717) is 43.1 Å². The van der Waals surface area contributed by atoms with Gasteiger partial charge in [-0.2, -0.15) is 8.42 Å². The van der Waals surface area contributed by atoms with E-state index in [2.05, 4.69) is 43.7 Å². The SMILES string of the molecule is C[C@H]1CC[C@H]2C(=CCCC2(C)C)[C@@]1(C)CCC(CCCC1=CC(=O)N(CCc2cnc[nH]2)C1=O)COS(=O)(=O)O. The summed E-state index contributed by atoms with van der Waals surface area (Å²) in [6.07, 6.45) is 15.7. The first-order valence-electron chi connectivity index (χ1n) is 14.7. The quantitative estimate of drug-likeness (QED) is 0.182. The summed E-state index contributed by atoms with van der Waals surface area (Å²) in [5.41, 5.74) is 3.21. The third-order valence-electron chi connectivity index (χ3n) is 9.93. The van der Waals surface area contributed by atoms with Crippen molar-refractivity contribution < 1.29 is 26.7 Å². The molecule has 0 saturated heterocycles. The number of fused-ring (bicyclic) bond motifs is 1. The maximum Gasteiger partial charge on any atom is 0.397 e. The van der Waals surface area contributed by atoms with E-state index in [9.17, 15) is 22.6 Å². The van der Waals surface area contributed by atoms with Crippen LogP contribution >= 0.6 is 0 Å². The molecule has 1 unspecified atom stereocenters. The number of amides is 2. The molecule has 4 rings (SSSR count). The van der Waals surface area contributed by atoms with Gasteiger partial charge in [0.15, 0.2) is 0 Å². The molecule has 0 radical (unpaired) electrons. The highest BCUT2D eigenvalue weighted by atomic mass is 32.3. The summed E-state index contributed by atoms with van der Waals surface area (Å²) in [6, 6.07) is 0. The van der Waals surface area contributed by atoms with Gasteiger partial charge in [-0.25, -0.2) is 9.17 Å². The highest BCUT2D eigenvalue weighted by Crippen LogP contribution is 2.58. The fourth-order valence-corrected chi connectivity index (χ4v) is 7.47. The highest BCUT2D eigenvalue weighted by Gasteiger charge is 2.47. The third kappa shape index (κ3) is 7.12. The van der Waals surface area contributed by atoms with Crippen LogP contribution in [0.2, 0.25) is 0 Å². The van der Waals surface area contributed by atoms with Crippen molar-refractivity contribution >= 4 is 22.2 Å². The number of imide groups is 1. The van der Waals surface area contributed by atoms with Crippen LogP contribution in [0.1, 0.15) is 91.2 Å². The molecule has 0 bridgehead atoms. The molecule has 222 valence electrons. The van der Waals surface area contributed by atoms with Gasteiger partial charge >= 0.3 is 10.4 Å². The number of carbonyl (C=O) groups is 2. The fourth-order valence-electron chi connectivity index (χ4n) is 7.11. The largest absolute Gasteiger partial charge is 0.397 e. The molecule has 10 heteroatoms. The average Bonchev–Trinajstić information content (AvgIpc) is 3.49. The van der Waals surface area contributed by atoms with Gasteiger partial charge in [0, 0.05) is 36.5 Å². The summed E-state index contributed by atoms with van der Waals surface area (Å²) < 4.78 is 36.8. The number of imidazole rings is 1. The van der Waals surface area contributed by atoms with Crippen LogP contribution in [0.3, 0.4) is 0 Å². The number of aromatic nitrogens is 2. The number of H-pyrrole nitrogens is 1. The number of aromatic amines is 1. The molecule has 1 saturated carbocycles. The summed E-state index contributed by atoms with van der Waals surface area (Å²) in [5, 5.41) is 0. The third-order valence-corrected chi connectivity index (χ3v) is 10.4. The van der Waals surface area contributed by atoms with Crippen molar-refractivity contribution in [1.82, 2.24) is 14.9 Å². The molecule has 0 aromatic carbocycles. The maximum atomic E-state index is 12.9. The van der Waals surface area contributed by atoms with E-state index < -0.39 is 10.4 Å². The Morgan fingerprint density at radius 2 is 1.98 bits per heavy atom. The van der Waals surface area contributed by atoms with Crippen molar-refractivity contribution in [1.29, 1.82) is 0 Å². The van der Waals surface area contributed by atoms with Crippen LogP contribution in [0, 0.1) is 28.6 Å². The van der Waals surface area contributed by atoms with Crippen LogP contribution in [-0.2, 0) is 30.6 Å². The van der Waals surface area contributed by atoms with Gasteiger partial charge in [-0.05, 0) is 86.4 Å². The minimum Gasteiger partial charge on any atom is -0.348 e. The zero-order valence-corrected chi connectivity index (χ0v) is 25.1. The van der Waals surface area contributed by atoms with Crippen molar-refractivity contribution in [2.45, 2.75) is 91.9 Å². The lowest BCUT2D eigenvalue weighted by Crippen LogP contribution is -2.43. The zero-order chi connectivity index (χ0) is 29.1. The molecular formula is C30H45N3O6S. The minimum absolute atomic E-state index is 0.0302. The van der Waals surface area contributed by atoms with Gasteiger partial charge in [-0.3, -0.25) is 19.0 Å². The number of allylic oxidation sites excluding steroid dienone is 2. The molecule has 2 heterocycles. The summed E-state index contributed by atoms with van der Waals surface area (Å²) in [4.78, 5) is 33.5. The molecule has 1 aliphatic heterocycles. The van der Waals surface area contributed by atoms with E-state index in [-0.39, 0.29) is 41.7 Å². The molecule has 40 heavy (non-hydrogen) atoms. The molecule has 0 spiro atoms. The average molecular weight is 576 g/mol. The number of rotatable bonds is 13. The molecule has 1 aromatic heterocycles. The first-order chi connectivity index (χ1) is 18.8. The Morgan fingerprint density at radius 3 is 2.67 bits per heavy atom. The van der Waals surface area contributed by atoms with E-state index in [0.717, 1.165) is 25.0 Å². The molecule has 4 atom stereocenters. The van der Waals surface area contributed by atoms with Crippen molar-refractivity contribution in [3.8, 4) is 0 Å². The minimum atomic E-state index is -4.55. The Morgan fingerprint density at radius 1 is 1.20 bits per heavy atom. The fraction of sp³-hybridized carbons (Fsp3) is 0.700. The number of nitrogens with zero attached hydrogens (tertiary/aromatic N) is 2. The lowest BCUT2D eigenvalue weighted by molar-refractivity contribution is -0.137. The molecule has 3 aliphatic rings. The van der Waals surface area contributed by atoms with Crippen LogP contribution in [-0.4, -0.2) is 52.8 Å². The number of nitrogens with one attached hydrogen (secondary N) is 1. The molecule has 2 aliphatic carbocycles. The number of hydrogen-bond donors (Lipinski definition) is 2. The van der Waals surface area contributed by atoms with Gasteiger partial charge in [-0.15, -0.1) is 0 Å². The predicted molar refractivity (Wildman–Crippen MR) is 152 cm³/mol. The number of hydrogen-bond acceptors (Lipinski definition) is 6. The van der Waals surface area contributed by atoms with Crippen molar-refractivity contribution in [2.24, 2.45) is 28.6 Å². The number of carbonyl (C=O) groups excluding carboxylic acids is 2. The van der Waals surface area contributed by atoms with Crippen molar-refractivity contribution in [3.63, 3.8) is 0 Å². The Kier molecular flexibility index (Phi) is 9.42. The monoisotopic (exact) mass is 575 g/mol. The van der Waals surface area contributed by atoms with E-state index in [1.165, 1.54) is 30.2 Å². The Bertz CT molecular complexity index is 1240. The van der Waals surface area contributed by atoms with Gasteiger partial charge in [0.1, 0.15) is 0 Å². The second kappa shape index (κ2) is 12.3. The highest BCUT2D eigenvalue weighted by molar-refractivity contribution is 7.80. The summed E-state index contributed by atoms with van der Waals surface area (Å²) in [6.45, 7) is 9.64. The van der Waals surface area contributed by atoms with Gasteiger partial charge < -0.3 is 4.98 Å². The normalized spacial score (nSPS) is 27.4. The van der Waals surface area contributed by atoms with E-state index in [1.54, 1.807) is 18.1 Å². The van der Waals surface area contributed by atoms with E-state index in [1.807, 2.05) is 0 Å². The van der Waals surface area contributed by atoms with Crippen LogP contribution in [0.5, 0.6) is 0 Å². The topological polar surface area (TPSA) is 130 Å². The summed E-state index contributed by atoms with van der Waals surface area (Å²) >= 11 is 0. The van der Waals surface area contributed by atoms with Crippen molar-refractivity contribution in [3.05, 3.63) is 41.5 Å². The standard InChI is InChI=1S/C30H45N3O6S/c1-21-10-11-25-26(9-6-14-29(25,2)3)30(21,4)15-12-22(19-39-40(36,37)38)7-5-8-23-17-27(34)33(28(23)35)16-13-24-18-31-20-32-24/h9,17-18,20-22,25H,5-8,10-16,19H2,1-4H3,(H,31,32)(H,36,37,38)/t21-,22?,25-,30-/m0/s1. The molecule has 1 fully saturated rings. The van der Waals surface area contributed by atoms with Gasteiger partial charge in [0.05, 0.1) is 12.9 Å². The van der Waals surface area contributed by atoms with Gasteiger partial charge in [0.2, 0.25) is 0 Å². The van der Waals surface area contributed by atoms with Crippen molar-refractivity contribution in [2.75, 3.05) is 13.2 Å². The van der Waals surface area contributed by atoms with Gasteiger partial charge in [-0.1, -0.05) is 39.3 Å². The zero-order valence-electron chi connectivity index (χ0n) is 24.3. The Labute approximate surface area is 238 Å². The molecular weight excluding hydrogens is 530 g/mol. The molecule has 2 amide bonds. The summed E-state index contributed by atoms with van der Waals surface area (Å²) in [5.74, 6) is 0.420. The second-order valence-corrected chi connectivity index (χ2v) is 14.0. The second-order valence-electron chi connectivity index (χ2n) is 12.9. The Hall–Kier alpha value is -2.30. The molecule has 1 aromatic rings. The van der Waals surface area contributed by atoms with E-state index in [4.69, 9.17) is 4.18 Å². The lowest BCUT2D eigenvalue weighted by Gasteiger charge is -2.53. The molecule has 2 N–H and O–H groups in total.